The van der Waals surface area contributed by atoms with Crippen LogP contribution in [0, 0.1) is 5.82 Å². The molecule has 2 amide bonds. The highest BCUT2D eigenvalue weighted by atomic mass is 19.3. The van der Waals surface area contributed by atoms with E-state index in [1.54, 1.807) is 13.1 Å². The number of halogens is 3. The van der Waals surface area contributed by atoms with Crippen molar-refractivity contribution < 1.29 is 27.5 Å². The molecule has 0 aliphatic carbocycles. The molecule has 0 aliphatic rings. The molecule has 144 valence electrons. The first kappa shape index (κ1) is 20.2. The van der Waals surface area contributed by atoms with Crippen LogP contribution < -0.4 is 15.4 Å². The Kier molecular flexibility index (Phi) is 7.18. The predicted octanol–water partition coefficient (Wildman–Crippen LogP) is 2.94. The smallest absolute Gasteiger partial charge is 0.387 e. The summed E-state index contributed by atoms with van der Waals surface area (Å²) in [4.78, 5) is 25.4. The Morgan fingerprint density at radius 2 is 1.59 bits per heavy atom. The number of nitrogens with zero attached hydrogens (tertiary/aromatic N) is 1. The van der Waals surface area contributed by atoms with Crippen LogP contribution in [0.4, 0.5) is 24.5 Å². The molecular weight excluding hydrogens is 363 g/mol. The molecule has 0 aromatic heterocycles. The second-order valence-electron chi connectivity index (χ2n) is 5.68. The fourth-order valence-electron chi connectivity index (χ4n) is 2.23. The van der Waals surface area contributed by atoms with Gasteiger partial charge in [-0.1, -0.05) is 6.07 Å². The summed E-state index contributed by atoms with van der Waals surface area (Å²) in [5, 5.41) is 5.11. The molecule has 0 saturated carbocycles. The molecule has 0 saturated heterocycles. The van der Waals surface area contributed by atoms with Crippen molar-refractivity contribution in [2.75, 3.05) is 30.8 Å². The van der Waals surface area contributed by atoms with E-state index in [0.29, 0.717) is 11.4 Å². The Balaban J connectivity index is 1.78. The molecule has 0 atom stereocenters. The number of carbonyl (C=O) groups excluding carboxylic acids is 2. The number of rotatable bonds is 8. The van der Waals surface area contributed by atoms with E-state index < -0.39 is 24.2 Å². The zero-order valence-corrected chi connectivity index (χ0v) is 14.4. The second kappa shape index (κ2) is 9.58. The van der Waals surface area contributed by atoms with E-state index in [-0.39, 0.29) is 18.8 Å². The van der Waals surface area contributed by atoms with Crippen molar-refractivity contribution in [1.82, 2.24) is 4.90 Å². The minimum absolute atomic E-state index is 0.0193. The van der Waals surface area contributed by atoms with Crippen LogP contribution in [0.25, 0.3) is 0 Å². The molecule has 0 aliphatic heterocycles. The van der Waals surface area contributed by atoms with Gasteiger partial charge in [-0.2, -0.15) is 8.78 Å². The third-order valence-electron chi connectivity index (χ3n) is 3.30. The van der Waals surface area contributed by atoms with Gasteiger partial charge in [-0.15, -0.1) is 0 Å². The van der Waals surface area contributed by atoms with Gasteiger partial charge in [0.25, 0.3) is 0 Å². The summed E-state index contributed by atoms with van der Waals surface area (Å²) in [6, 6.07) is 10.9. The number of benzene rings is 2. The van der Waals surface area contributed by atoms with Gasteiger partial charge < -0.3 is 15.4 Å². The van der Waals surface area contributed by atoms with Gasteiger partial charge in [0, 0.05) is 11.4 Å². The van der Waals surface area contributed by atoms with Gasteiger partial charge in [0.05, 0.1) is 13.1 Å². The summed E-state index contributed by atoms with van der Waals surface area (Å²) in [6.45, 7) is -3.07. The summed E-state index contributed by atoms with van der Waals surface area (Å²) in [7, 11) is 1.57. The SMILES string of the molecule is CN(CC(=O)Nc1ccc(OC(F)F)cc1)CC(=O)Nc1cccc(F)c1. The number of amides is 2. The molecule has 27 heavy (non-hydrogen) atoms. The topological polar surface area (TPSA) is 70.7 Å². The van der Waals surface area contributed by atoms with Crippen LogP contribution in [0.15, 0.2) is 48.5 Å². The summed E-state index contributed by atoms with van der Waals surface area (Å²) >= 11 is 0. The zero-order chi connectivity index (χ0) is 19.8. The van der Waals surface area contributed by atoms with Crippen LogP contribution in [0.2, 0.25) is 0 Å². The van der Waals surface area contributed by atoms with E-state index in [1.807, 2.05) is 0 Å². The van der Waals surface area contributed by atoms with Gasteiger partial charge in [-0.05, 0) is 49.5 Å². The third kappa shape index (κ3) is 7.37. The minimum Gasteiger partial charge on any atom is -0.435 e. The van der Waals surface area contributed by atoms with Gasteiger partial charge in [-0.3, -0.25) is 14.5 Å². The first-order valence-electron chi connectivity index (χ1n) is 7.90. The van der Waals surface area contributed by atoms with E-state index in [2.05, 4.69) is 15.4 Å². The predicted molar refractivity (Wildman–Crippen MR) is 94.2 cm³/mol. The lowest BCUT2D eigenvalue weighted by Gasteiger charge is -2.16. The fourth-order valence-corrected chi connectivity index (χ4v) is 2.23. The van der Waals surface area contributed by atoms with Crippen LogP contribution in [0.1, 0.15) is 0 Å². The number of likely N-dealkylation sites (N-methyl/N-ethyl adjacent to an activating group) is 1. The lowest BCUT2D eigenvalue weighted by atomic mass is 10.3. The van der Waals surface area contributed by atoms with Crippen molar-refractivity contribution in [2.24, 2.45) is 0 Å². The molecule has 0 spiro atoms. The van der Waals surface area contributed by atoms with E-state index in [4.69, 9.17) is 0 Å². The van der Waals surface area contributed by atoms with E-state index in [1.165, 1.54) is 47.4 Å². The molecule has 2 rings (SSSR count). The Bertz CT molecular complexity index is 785. The average Bonchev–Trinajstić information content (AvgIpc) is 2.55. The number of nitrogens with one attached hydrogen (secondary N) is 2. The van der Waals surface area contributed by atoms with Crippen LogP contribution in [-0.4, -0.2) is 43.5 Å². The second-order valence-corrected chi connectivity index (χ2v) is 5.68. The van der Waals surface area contributed by atoms with Gasteiger partial charge in [0.15, 0.2) is 0 Å². The van der Waals surface area contributed by atoms with Crippen LogP contribution in [-0.2, 0) is 9.59 Å². The van der Waals surface area contributed by atoms with Crippen molar-refractivity contribution in [3.63, 3.8) is 0 Å². The average molecular weight is 381 g/mol. The van der Waals surface area contributed by atoms with E-state index >= 15 is 0 Å². The lowest BCUT2D eigenvalue weighted by molar-refractivity contribution is -0.119. The maximum Gasteiger partial charge on any atom is 0.387 e. The number of anilines is 2. The molecule has 0 fully saturated rings. The fraction of sp³-hybridized carbons (Fsp3) is 0.222. The van der Waals surface area contributed by atoms with Crippen LogP contribution in [0.5, 0.6) is 5.75 Å². The molecule has 0 heterocycles. The van der Waals surface area contributed by atoms with Crippen LogP contribution >= 0.6 is 0 Å². The monoisotopic (exact) mass is 381 g/mol. The highest BCUT2D eigenvalue weighted by molar-refractivity contribution is 5.94. The molecule has 9 heteroatoms. The summed E-state index contributed by atoms with van der Waals surface area (Å²) in [5.41, 5.74) is 0.725. The van der Waals surface area contributed by atoms with Gasteiger partial charge in [0.2, 0.25) is 11.8 Å². The lowest BCUT2D eigenvalue weighted by Crippen LogP contribution is -2.36. The summed E-state index contributed by atoms with van der Waals surface area (Å²) in [5.74, 6) is -1.28. The third-order valence-corrected chi connectivity index (χ3v) is 3.30. The number of hydrogen-bond acceptors (Lipinski definition) is 4. The highest BCUT2D eigenvalue weighted by Gasteiger charge is 2.12. The van der Waals surface area contributed by atoms with E-state index in [0.717, 1.165) is 0 Å². The molecule has 0 unspecified atom stereocenters. The normalized spacial score (nSPS) is 10.7. The minimum atomic E-state index is -2.92. The quantitative estimate of drug-likeness (QED) is 0.738. The molecule has 2 aromatic carbocycles. The first-order chi connectivity index (χ1) is 12.8. The maximum absolute atomic E-state index is 13.1. The maximum atomic E-state index is 13.1. The van der Waals surface area contributed by atoms with Crippen LogP contribution in [0.3, 0.4) is 0 Å². The van der Waals surface area contributed by atoms with E-state index in [9.17, 15) is 22.8 Å². The molecule has 2 aromatic rings. The molecule has 0 radical (unpaired) electrons. The number of carbonyl (C=O) groups is 2. The number of ether oxygens (including phenoxy) is 1. The summed E-state index contributed by atoms with van der Waals surface area (Å²) < 4.78 is 41.5. The highest BCUT2D eigenvalue weighted by Crippen LogP contribution is 2.17. The van der Waals surface area contributed by atoms with Gasteiger partial charge in [-0.25, -0.2) is 4.39 Å². The first-order valence-corrected chi connectivity index (χ1v) is 7.90. The van der Waals surface area contributed by atoms with Crippen molar-refractivity contribution >= 4 is 23.2 Å². The Labute approximate surface area is 153 Å². The standard InChI is InChI=1S/C18H18F3N3O3/c1-24(11-17(26)23-14-4-2-3-12(19)9-14)10-16(25)22-13-5-7-15(8-6-13)27-18(20)21/h2-9,18H,10-11H2,1H3,(H,22,25)(H,23,26). The Morgan fingerprint density at radius 1 is 1.00 bits per heavy atom. The molecule has 2 N–H and O–H groups in total. The number of alkyl halides is 2. The van der Waals surface area contributed by atoms with Crippen molar-refractivity contribution in [1.29, 1.82) is 0 Å². The van der Waals surface area contributed by atoms with Crippen molar-refractivity contribution in [3.05, 3.63) is 54.3 Å². The zero-order valence-electron chi connectivity index (χ0n) is 14.4. The van der Waals surface area contributed by atoms with Gasteiger partial charge in [0.1, 0.15) is 11.6 Å². The largest absolute Gasteiger partial charge is 0.435 e. The van der Waals surface area contributed by atoms with Crippen molar-refractivity contribution in [2.45, 2.75) is 6.61 Å². The molecule has 6 nitrogen and oxygen atoms in total. The number of hydrogen-bond donors (Lipinski definition) is 2. The Morgan fingerprint density at radius 3 is 2.15 bits per heavy atom. The molecule has 0 bridgehead atoms. The van der Waals surface area contributed by atoms with Gasteiger partial charge >= 0.3 is 6.61 Å². The van der Waals surface area contributed by atoms with Crippen molar-refractivity contribution in [3.8, 4) is 5.75 Å². The Hall–Kier alpha value is -3.07. The molecular formula is C18H18F3N3O3. The summed E-state index contributed by atoms with van der Waals surface area (Å²) in [6.07, 6.45) is 0.